The molecule has 2 amide bonds. The Labute approximate surface area is 120 Å². The van der Waals surface area contributed by atoms with Gasteiger partial charge in [-0.2, -0.15) is 0 Å². The second-order valence-corrected chi connectivity index (χ2v) is 4.63. The van der Waals surface area contributed by atoms with Crippen molar-refractivity contribution in [2.75, 3.05) is 5.32 Å². The number of aryl methyl sites for hydroxylation is 1. The minimum atomic E-state index is -0.386. The molecule has 3 aromatic rings. The Hall–Kier alpha value is -2.90. The van der Waals surface area contributed by atoms with Crippen LogP contribution in [0.5, 0.6) is 0 Å². The number of pyridine rings is 1. The molecule has 3 aromatic heterocycles. The van der Waals surface area contributed by atoms with E-state index in [9.17, 15) is 4.79 Å². The minimum absolute atomic E-state index is 0.310. The van der Waals surface area contributed by atoms with Gasteiger partial charge >= 0.3 is 6.03 Å². The fourth-order valence-corrected chi connectivity index (χ4v) is 1.99. The van der Waals surface area contributed by atoms with Crippen LogP contribution in [0.2, 0.25) is 0 Å². The van der Waals surface area contributed by atoms with Crippen LogP contribution in [0, 0.1) is 6.92 Å². The van der Waals surface area contributed by atoms with Gasteiger partial charge in [0.25, 0.3) is 0 Å². The normalized spacial score (nSPS) is 12.3. The number of aromatic nitrogens is 4. The van der Waals surface area contributed by atoms with Crippen molar-refractivity contribution >= 4 is 17.5 Å². The number of nitrogens with one attached hydrogen (secondary N) is 2. The Morgan fingerprint density at radius 3 is 3.00 bits per heavy atom. The molecule has 0 saturated carbocycles. The molecule has 3 heterocycles. The number of anilines is 1. The molecule has 0 spiro atoms. The number of hydrogen-bond acceptors (Lipinski definition) is 5. The summed E-state index contributed by atoms with van der Waals surface area (Å²) in [6.45, 7) is 3.58. The molecule has 108 valence electrons. The van der Waals surface area contributed by atoms with Crippen LogP contribution in [-0.4, -0.2) is 25.8 Å². The molecule has 0 radical (unpaired) electrons. The molecule has 0 aliphatic carbocycles. The second kappa shape index (κ2) is 5.23. The largest absolute Gasteiger partial charge is 0.360 e. The number of hydrogen-bond donors (Lipinski definition) is 2. The first kappa shape index (κ1) is 13.1. The lowest BCUT2D eigenvalue weighted by Gasteiger charge is -2.12. The maximum atomic E-state index is 11.9. The molecule has 0 aliphatic rings. The van der Waals surface area contributed by atoms with Gasteiger partial charge < -0.3 is 9.84 Å². The van der Waals surface area contributed by atoms with E-state index in [0.717, 1.165) is 5.65 Å². The Kier molecular flexibility index (Phi) is 3.27. The molecule has 3 rings (SSSR count). The topological polar surface area (TPSA) is 97.3 Å². The van der Waals surface area contributed by atoms with Gasteiger partial charge in [-0.25, -0.2) is 4.79 Å². The SMILES string of the molecule is Cc1cc(NC(=O)N[C@H](C)c2nnc3ccccn23)no1. The molecule has 0 bridgehead atoms. The number of fused-ring (bicyclic) bond motifs is 1. The molecule has 8 nitrogen and oxygen atoms in total. The van der Waals surface area contributed by atoms with Gasteiger partial charge in [0.2, 0.25) is 0 Å². The maximum Gasteiger partial charge on any atom is 0.321 e. The van der Waals surface area contributed by atoms with Crippen molar-refractivity contribution in [1.82, 2.24) is 25.1 Å². The minimum Gasteiger partial charge on any atom is -0.360 e. The van der Waals surface area contributed by atoms with Crippen molar-refractivity contribution in [2.24, 2.45) is 0 Å². The molecule has 2 N–H and O–H groups in total. The lowest BCUT2D eigenvalue weighted by atomic mass is 10.3. The van der Waals surface area contributed by atoms with Crippen molar-refractivity contribution in [3.05, 3.63) is 42.0 Å². The van der Waals surface area contributed by atoms with Gasteiger partial charge in [-0.05, 0) is 26.0 Å². The van der Waals surface area contributed by atoms with Crippen molar-refractivity contribution in [2.45, 2.75) is 19.9 Å². The molecule has 1 atom stereocenters. The molecule has 21 heavy (non-hydrogen) atoms. The third-order valence-electron chi connectivity index (χ3n) is 2.94. The van der Waals surface area contributed by atoms with Gasteiger partial charge in [0.15, 0.2) is 17.3 Å². The smallest absolute Gasteiger partial charge is 0.321 e. The number of urea groups is 1. The second-order valence-electron chi connectivity index (χ2n) is 4.63. The quantitative estimate of drug-likeness (QED) is 0.766. The summed E-state index contributed by atoms with van der Waals surface area (Å²) in [5.41, 5.74) is 0.730. The molecule has 0 saturated heterocycles. The Bertz CT molecular complexity index is 778. The van der Waals surface area contributed by atoms with Crippen LogP contribution in [0.15, 0.2) is 35.0 Å². The van der Waals surface area contributed by atoms with E-state index >= 15 is 0 Å². The lowest BCUT2D eigenvalue weighted by molar-refractivity contribution is 0.248. The first-order chi connectivity index (χ1) is 10.1. The summed E-state index contributed by atoms with van der Waals surface area (Å²) in [5, 5.41) is 17.2. The van der Waals surface area contributed by atoms with Crippen LogP contribution < -0.4 is 10.6 Å². The highest BCUT2D eigenvalue weighted by atomic mass is 16.5. The van der Waals surface area contributed by atoms with Crippen molar-refractivity contribution in [1.29, 1.82) is 0 Å². The van der Waals surface area contributed by atoms with E-state index in [4.69, 9.17) is 4.52 Å². The highest BCUT2D eigenvalue weighted by Crippen LogP contribution is 2.12. The Morgan fingerprint density at radius 2 is 2.24 bits per heavy atom. The Balaban J connectivity index is 1.71. The maximum absolute atomic E-state index is 11.9. The fourth-order valence-electron chi connectivity index (χ4n) is 1.99. The van der Waals surface area contributed by atoms with Crippen molar-refractivity contribution < 1.29 is 9.32 Å². The number of carbonyl (C=O) groups excluding carboxylic acids is 1. The highest BCUT2D eigenvalue weighted by molar-refractivity contribution is 5.88. The zero-order valence-corrected chi connectivity index (χ0v) is 11.6. The van der Waals surface area contributed by atoms with Gasteiger partial charge in [-0.15, -0.1) is 10.2 Å². The van der Waals surface area contributed by atoms with E-state index in [2.05, 4.69) is 26.0 Å². The number of carbonyl (C=O) groups is 1. The number of nitrogens with zero attached hydrogens (tertiary/aromatic N) is 4. The zero-order chi connectivity index (χ0) is 14.8. The van der Waals surface area contributed by atoms with E-state index < -0.39 is 0 Å². The summed E-state index contributed by atoms with van der Waals surface area (Å²) in [5.74, 6) is 1.64. The predicted octanol–water partition coefficient (Wildman–Crippen LogP) is 1.91. The summed E-state index contributed by atoms with van der Waals surface area (Å²) < 4.78 is 6.71. The van der Waals surface area contributed by atoms with E-state index in [1.807, 2.05) is 35.7 Å². The van der Waals surface area contributed by atoms with Crippen LogP contribution in [0.3, 0.4) is 0 Å². The van der Waals surface area contributed by atoms with Crippen LogP contribution >= 0.6 is 0 Å². The molecule has 8 heteroatoms. The van der Waals surface area contributed by atoms with Gasteiger partial charge in [0, 0.05) is 12.3 Å². The van der Waals surface area contributed by atoms with E-state index in [1.165, 1.54) is 0 Å². The molecule has 0 aromatic carbocycles. The van der Waals surface area contributed by atoms with Gasteiger partial charge in [0.05, 0.1) is 6.04 Å². The lowest BCUT2D eigenvalue weighted by Crippen LogP contribution is -2.32. The predicted molar refractivity (Wildman–Crippen MR) is 74.8 cm³/mol. The third-order valence-corrected chi connectivity index (χ3v) is 2.94. The Morgan fingerprint density at radius 1 is 1.38 bits per heavy atom. The number of amides is 2. The summed E-state index contributed by atoms with van der Waals surface area (Å²) >= 11 is 0. The summed E-state index contributed by atoms with van der Waals surface area (Å²) in [7, 11) is 0. The van der Waals surface area contributed by atoms with Gasteiger partial charge in [-0.3, -0.25) is 9.72 Å². The molecule has 0 unspecified atom stereocenters. The van der Waals surface area contributed by atoms with Crippen LogP contribution in [0.25, 0.3) is 5.65 Å². The monoisotopic (exact) mass is 286 g/mol. The first-order valence-electron chi connectivity index (χ1n) is 6.44. The number of rotatable bonds is 3. The average molecular weight is 286 g/mol. The van der Waals surface area contributed by atoms with Crippen molar-refractivity contribution in [3.8, 4) is 0 Å². The molecular weight excluding hydrogens is 272 g/mol. The zero-order valence-electron chi connectivity index (χ0n) is 11.6. The fraction of sp³-hybridized carbons (Fsp3) is 0.231. The van der Waals surface area contributed by atoms with Crippen LogP contribution in [0.1, 0.15) is 24.6 Å². The average Bonchev–Trinajstić information content (AvgIpc) is 3.04. The van der Waals surface area contributed by atoms with Gasteiger partial charge in [0.1, 0.15) is 5.76 Å². The summed E-state index contributed by atoms with van der Waals surface area (Å²) in [6, 6.07) is 6.55. The third kappa shape index (κ3) is 2.69. The standard InChI is InChI=1S/C13H14N6O2/c1-8-7-10(18-21-8)15-13(20)14-9(2)12-17-16-11-5-3-4-6-19(11)12/h3-7,9H,1-2H3,(H2,14,15,18,20)/t9-/m1/s1. The van der Waals surface area contributed by atoms with E-state index in [1.54, 1.807) is 13.0 Å². The van der Waals surface area contributed by atoms with E-state index in [0.29, 0.717) is 17.4 Å². The van der Waals surface area contributed by atoms with Crippen LogP contribution in [0.4, 0.5) is 10.6 Å². The molecule has 0 aliphatic heterocycles. The van der Waals surface area contributed by atoms with E-state index in [-0.39, 0.29) is 12.1 Å². The van der Waals surface area contributed by atoms with Gasteiger partial charge in [-0.1, -0.05) is 11.2 Å². The van der Waals surface area contributed by atoms with Crippen LogP contribution in [-0.2, 0) is 0 Å². The van der Waals surface area contributed by atoms with Crippen molar-refractivity contribution in [3.63, 3.8) is 0 Å². The molecular formula is C13H14N6O2. The highest BCUT2D eigenvalue weighted by Gasteiger charge is 2.16. The first-order valence-corrected chi connectivity index (χ1v) is 6.44. The molecule has 0 fully saturated rings. The summed E-state index contributed by atoms with van der Waals surface area (Å²) in [6.07, 6.45) is 1.85. The summed E-state index contributed by atoms with van der Waals surface area (Å²) in [4.78, 5) is 11.9.